The van der Waals surface area contributed by atoms with Crippen molar-refractivity contribution in [2.45, 2.75) is 50.4 Å². The second-order valence-electron chi connectivity index (χ2n) is 6.63. The van der Waals surface area contributed by atoms with Crippen molar-refractivity contribution >= 4 is 11.8 Å². The molecule has 2 heterocycles. The third-order valence-corrected chi connectivity index (χ3v) is 5.67. The maximum absolute atomic E-state index is 12.2. The van der Waals surface area contributed by atoms with E-state index in [2.05, 4.69) is 15.0 Å². The van der Waals surface area contributed by atoms with Gasteiger partial charge >= 0.3 is 0 Å². The van der Waals surface area contributed by atoms with Crippen molar-refractivity contribution in [1.29, 1.82) is 0 Å². The Kier molecular flexibility index (Phi) is 4.68. The molecule has 0 aliphatic heterocycles. The van der Waals surface area contributed by atoms with Gasteiger partial charge in [-0.15, -0.1) is 0 Å². The van der Waals surface area contributed by atoms with Crippen LogP contribution in [0.3, 0.4) is 0 Å². The molecule has 134 valence electrons. The number of hydrogen-bond donors (Lipinski definition) is 1. The lowest BCUT2D eigenvalue weighted by Crippen LogP contribution is -2.21. The smallest absolute Gasteiger partial charge is 0.254 e. The van der Waals surface area contributed by atoms with Crippen LogP contribution in [0.4, 0.5) is 0 Å². The molecule has 26 heavy (non-hydrogen) atoms. The van der Waals surface area contributed by atoms with Crippen molar-refractivity contribution in [1.82, 2.24) is 15.0 Å². The molecule has 0 saturated carbocycles. The molecular formula is C20H21N3O2S. The highest BCUT2D eigenvalue weighted by molar-refractivity contribution is 7.98. The van der Waals surface area contributed by atoms with Crippen LogP contribution < -0.4 is 5.56 Å². The number of rotatable bonds is 4. The molecule has 0 atom stereocenters. The highest BCUT2D eigenvalue weighted by Crippen LogP contribution is 2.28. The van der Waals surface area contributed by atoms with Gasteiger partial charge in [0.2, 0.25) is 5.89 Å². The Bertz CT molecular complexity index is 1010. The van der Waals surface area contributed by atoms with Crippen LogP contribution in [0, 0.1) is 13.8 Å². The summed E-state index contributed by atoms with van der Waals surface area (Å²) in [5.74, 6) is 2.06. The standard InChI is InChI=1S/C20H21N3O2S/c1-12-7-3-4-8-14(12)19-21-17(13(2)25-19)11-26-20-22-16-10-6-5-9-15(16)18(24)23-20/h3-4,7-8H,5-6,9-11H2,1-2H3,(H,22,23,24). The van der Waals surface area contributed by atoms with Gasteiger partial charge < -0.3 is 9.40 Å². The lowest BCUT2D eigenvalue weighted by atomic mass is 9.97. The minimum atomic E-state index is 0.00896. The van der Waals surface area contributed by atoms with Crippen LogP contribution in [0.15, 0.2) is 38.6 Å². The Hall–Kier alpha value is -2.34. The van der Waals surface area contributed by atoms with Gasteiger partial charge in [-0.3, -0.25) is 4.79 Å². The highest BCUT2D eigenvalue weighted by atomic mass is 32.2. The van der Waals surface area contributed by atoms with E-state index in [0.29, 0.717) is 16.8 Å². The fourth-order valence-corrected chi connectivity index (χ4v) is 4.16. The molecule has 5 nitrogen and oxygen atoms in total. The van der Waals surface area contributed by atoms with Gasteiger partial charge in [0, 0.05) is 16.9 Å². The van der Waals surface area contributed by atoms with E-state index in [1.165, 1.54) is 11.8 Å². The number of H-pyrrole nitrogens is 1. The van der Waals surface area contributed by atoms with Crippen molar-refractivity contribution in [3.05, 3.63) is 62.9 Å². The maximum Gasteiger partial charge on any atom is 0.254 e. The zero-order valence-corrected chi connectivity index (χ0v) is 15.8. The van der Waals surface area contributed by atoms with Gasteiger partial charge in [-0.1, -0.05) is 30.0 Å². The van der Waals surface area contributed by atoms with Crippen LogP contribution in [-0.4, -0.2) is 15.0 Å². The lowest BCUT2D eigenvalue weighted by Gasteiger charge is -2.14. The van der Waals surface area contributed by atoms with Crippen LogP contribution in [0.1, 0.15) is 41.1 Å². The third-order valence-electron chi connectivity index (χ3n) is 4.78. The molecule has 2 aromatic heterocycles. The first-order chi connectivity index (χ1) is 12.6. The summed E-state index contributed by atoms with van der Waals surface area (Å²) in [6.07, 6.45) is 3.91. The van der Waals surface area contributed by atoms with E-state index in [0.717, 1.165) is 59.5 Å². The Labute approximate surface area is 156 Å². The van der Waals surface area contributed by atoms with Crippen molar-refractivity contribution in [2.24, 2.45) is 0 Å². The Morgan fingerprint density at radius 1 is 1.15 bits per heavy atom. The van der Waals surface area contributed by atoms with E-state index >= 15 is 0 Å². The molecule has 1 N–H and O–H groups in total. The Morgan fingerprint density at radius 2 is 1.96 bits per heavy atom. The average molecular weight is 367 g/mol. The topological polar surface area (TPSA) is 71.8 Å². The van der Waals surface area contributed by atoms with Crippen LogP contribution in [0.25, 0.3) is 11.5 Å². The Balaban J connectivity index is 1.55. The number of benzene rings is 1. The van der Waals surface area contributed by atoms with E-state index < -0.39 is 0 Å². The molecule has 0 saturated heterocycles. The average Bonchev–Trinajstić information content (AvgIpc) is 3.01. The van der Waals surface area contributed by atoms with Gasteiger partial charge in [0.25, 0.3) is 5.56 Å². The van der Waals surface area contributed by atoms with Gasteiger partial charge in [0.15, 0.2) is 5.16 Å². The molecule has 1 aliphatic rings. The molecular weight excluding hydrogens is 346 g/mol. The van der Waals surface area contributed by atoms with E-state index in [1.54, 1.807) is 0 Å². The van der Waals surface area contributed by atoms with E-state index in [9.17, 15) is 4.79 Å². The van der Waals surface area contributed by atoms with Crippen LogP contribution in [0.5, 0.6) is 0 Å². The van der Waals surface area contributed by atoms with Gasteiger partial charge in [-0.05, 0) is 51.2 Å². The summed E-state index contributed by atoms with van der Waals surface area (Å²) >= 11 is 1.50. The first kappa shape index (κ1) is 17.1. The van der Waals surface area contributed by atoms with Crippen molar-refractivity contribution in [2.75, 3.05) is 0 Å². The van der Waals surface area contributed by atoms with Crippen molar-refractivity contribution in [3.63, 3.8) is 0 Å². The molecule has 1 aromatic carbocycles. The number of fused-ring (bicyclic) bond motifs is 1. The van der Waals surface area contributed by atoms with E-state index in [1.807, 2.05) is 38.1 Å². The third kappa shape index (κ3) is 3.33. The number of aryl methyl sites for hydroxylation is 3. The van der Waals surface area contributed by atoms with Gasteiger partial charge in [0.1, 0.15) is 5.76 Å². The maximum atomic E-state index is 12.2. The number of aromatic amines is 1. The number of nitrogens with one attached hydrogen (secondary N) is 1. The predicted octanol–water partition coefficient (Wildman–Crippen LogP) is 4.21. The van der Waals surface area contributed by atoms with Crippen molar-refractivity contribution < 1.29 is 4.42 Å². The zero-order chi connectivity index (χ0) is 18.1. The summed E-state index contributed by atoms with van der Waals surface area (Å²) in [4.78, 5) is 24.5. The SMILES string of the molecule is Cc1ccccc1-c1nc(CSc2nc3c(c(=O)[nH]2)CCCC3)c(C)o1. The van der Waals surface area contributed by atoms with E-state index in [-0.39, 0.29) is 5.56 Å². The molecule has 1 aliphatic carbocycles. The summed E-state index contributed by atoms with van der Waals surface area (Å²) in [5, 5.41) is 0.662. The van der Waals surface area contributed by atoms with Gasteiger partial charge in [-0.25, -0.2) is 9.97 Å². The number of hydrogen-bond acceptors (Lipinski definition) is 5. The molecule has 0 radical (unpaired) electrons. The summed E-state index contributed by atoms with van der Waals surface area (Å²) in [7, 11) is 0. The molecule has 6 heteroatoms. The van der Waals surface area contributed by atoms with Crippen LogP contribution in [-0.2, 0) is 18.6 Å². The first-order valence-electron chi connectivity index (χ1n) is 8.89. The monoisotopic (exact) mass is 367 g/mol. The quantitative estimate of drug-likeness (QED) is 0.552. The lowest BCUT2D eigenvalue weighted by molar-refractivity contribution is 0.540. The molecule has 0 spiro atoms. The van der Waals surface area contributed by atoms with E-state index in [4.69, 9.17) is 4.42 Å². The van der Waals surface area contributed by atoms with Gasteiger partial charge in [-0.2, -0.15) is 0 Å². The number of oxazole rings is 1. The molecule has 4 rings (SSSR count). The first-order valence-corrected chi connectivity index (χ1v) is 9.87. The fraction of sp³-hybridized carbons (Fsp3) is 0.350. The molecule has 0 unspecified atom stereocenters. The van der Waals surface area contributed by atoms with Crippen LogP contribution >= 0.6 is 11.8 Å². The Morgan fingerprint density at radius 3 is 2.81 bits per heavy atom. The predicted molar refractivity (Wildman–Crippen MR) is 102 cm³/mol. The molecule has 3 aromatic rings. The summed E-state index contributed by atoms with van der Waals surface area (Å²) < 4.78 is 5.87. The van der Waals surface area contributed by atoms with Crippen molar-refractivity contribution in [3.8, 4) is 11.5 Å². The number of aromatic nitrogens is 3. The molecule has 0 bridgehead atoms. The second-order valence-corrected chi connectivity index (χ2v) is 7.59. The second kappa shape index (κ2) is 7.11. The normalized spacial score (nSPS) is 13.6. The number of nitrogens with zero attached hydrogens (tertiary/aromatic N) is 2. The minimum absolute atomic E-state index is 0.00896. The summed E-state index contributed by atoms with van der Waals surface area (Å²) in [6.45, 7) is 3.97. The minimum Gasteiger partial charge on any atom is -0.441 e. The highest BCUT2D eigenvalue weighted by Gasteiger charge is 2.17. The fourth-order valence-electron chi connectivity index (χ4n) is 3.28. The van der Waals surface area contributed by atoms with Crippen LogP contribution in [0.2, 0.25) is 0 Å². The summed E-state index contributed by atoms with van der Waals surface area (Å²) in [6, 6.07) is 8.05. The van der Waals surface area contributed by atoms with Gasteiger partial charge in [0.05, 0.1) is 11.4 Å². The summed E-state index contributed by atoms with van der Waals surface area (Å²) in [5.41, 5.74) is 4.85. The zero-order valence-electron chi connectivity index (χ0n) is 15.0. The largest absolute Gasteiger partial charge is 0.441 e. The number of thioether (sulfide) groups is 1. The molecule has 0 amide bonds. The molecule has 0 fully saturated rings.